The summed E-state index contributed by atoms with van der Waals surface area (Å²) in [7, 11) is 0. The molecule has 0 heterocycles. The third kappa shape index (κ3) is 5.14. The standard InChI is InChI=1S/C15H10BrClF3NO2/c16-12-7-10(17)4-5-13(12)23-8-14(22)21-11-3-1-2-9(6-11)15(18,19)20/h1-7H,8H2,(H,21,22). The first-order valence-electron chi connectivity index (χ1n) is 6.30. The van der Waals surface area contributed by atoms with Gasteiger partial charge < -0.3 is 10.1 Å². The van der Waals surface area contributed by atoms with Crippen LogP contribution in [0.1, 0.15) is 5.56 Å². The molecular formula is C15H10BrClF3NO2. The number of carbonyl (C=O) groups excluding carboxylic acids is 1. The molecule has 0 saturated heterocycles. The molecule has 1 N–H and O–H groups in total. The fourth-order valence-electron chi connectivity index (χ4n) is 1.71. The summed E-state index contributed by atoms with van der Waals surface area (Å²) in [4.78, 5) is 11.8. The minimum atomic E-state index is -4.47. The minimum Gasteiger partial charge on any atom is -0.483 e. The van der Waals surface area contributed by atoms with Crippen molar-refractivity contribution in [3.05, 3.63) is 57.5 Å². The van der Waals surface area contributed by atoms with Gasteiger partial charge in [0.05, 0.1) is 10.0 Å². The molecule has 3 nitrogen and oxygen atoms in total. The fourth-order valence-corrected chi connectivity index (χ4v) is 2.50. The summed E-state index contributed by atoms with van der Waals surface area (Å²) >= 11 is 9.01. The second-order valence-electron chi connectivity index (χ2n) is 4.49. The van der Waals surface area contributed by atoms with E-state index in [1.54, 1.807) is 18.2 Å². The van der Waals surface area contributed by atoms with Crippen molar-refractivity contribution in [2.45, 2.75) is 6.18 Å². The van der Waals surface area contributed by atoms with Crippen LogP contribution in [-0.2, 0) is 11.0 Å². The van der Waals surface area contributed by atoms with Gasteiger partial charge in [-0.15, -0.1) is 0 Å². The van der Waals surface area contributed by atoms with E-state index in [0.29, 0.717) is 15.2 Å². The molecule has 0 aromatic heterocycles. The molecule has 0 unspecified atom stereocenters. The average Bonchev–Trinajstić information content (AvgIpc) is 2.45. The van der Waals surface area contributed by atoms with Crippen LogP contribution in [0, 0.1) is 0 Å². The third-order valence-corrected chi connectivity index (χ3v) is 3.58. The number of ether oxygens (including phenoxy) is 1. The zero-order chi connectivity index (χ0) is 17.0. The van der Waals surface area contributed by atoms with E-state index in [9.17, 15) is 18.0 Å². The van der Waals surface area contributed by atoms with Crippen LogP contribution in [0.3, 0.4) is 0 Å². The van der Waals surface area contributed by atoms with Crippen molar-refractivity contribution in [3.8, 4) is 5.75 Å². The molecule has 2 aromatic rings. The second-order valence-corrected chi connectivity index (χ2v) is 5.78. The first-order valence-corrected chi connectivity index (χ1v) is 7.48. The van der Waals surface area contributed by atoms with Crippen LogP contribution in [0.15, 0.2) is 46.9 Å². The van der Waals surface area contributed by atoms with E-state index < -0.39 is 17.6 Å². The molecule has 0 saturated carbocycles. The Hall–Kier alpha value is -1.73. The molecule has 0 aliphatic rings. The fraction of sp³-hybridized carbons (Fsp3) is 0.133. The van der Waals surface area contributed by atoms with Crippen molar-refractivity contribution in [1.82, 2.24) is 0 Å². The normalized spacial score (nSPS) is 11.2. The maximum absolute atomic E-state index is 12.6. The summed E-state index contributed by atoms with van der Waals surface area (Å²) in [6.45, 7) is -0.351. The highest BCUT2D eigenvalue weighted by Gasteiger charge is 2.30. The Morgan fingerprint density at radius 2 is 1.96 bits per heavy atom. The van der Waals surface area contributed by atoms with E-state index in [0.717, 1.165) is 12.1 Å². The van der Waals surface area contributed by atoms with Crippen LogP contribution >= 0.6 is 27.5 Å². The smallest absolute Gasteiger partial charge is 0.416 e. The van der Waals surface area contributed by atoms with Crippen LogP contribution in [0.4, 0.5) is 18.9 Å². The number of benzene rings is 2. The monoisotopic (exact) mass is 407 g/mol. The zero-order valence-corrected chi connectivity index (χ0v) is 13.8. The summed E-state index contributed by atoms with van der Waals surface area (Å²) in [5, 5.41) is 2.85. The number of nitrogens with one attached hydrogen (secondary N) is 1. The highest BCUT2D eigenvalue weighted by Crippen LogP contribution is 2.31. The number of alkyl halides is 3. The van der Waals surface area contributed by atoms with E-state index >= 15 is 0 Å². The summed E-state index contributed by atoms with van der Waals surface area (Å²) in [6, 6.07) is 9.13. The molecule has 0 aliphatic carbocycles. The van der Waals surface area contributed by atoms with Crippen LogP contribution < -0.4 is 10.1 Å². The summed E-state index contributed by atoms with van der Waals surface area (Å²) < 4.78 is 43.6. The third-order valence-electron chi connectivity index (χ3n) is 2.73. The molecule has 0 aliphatic heterocycles. The molecule has 0 radical (unpaired) electrons. The van der Waals surface area contributed by atoms with Crippen LogP contribution in [0.2, 0.25) is 5.02 Å². The number of hydrogen-bond donors (Lipinski definition) is 1. The molecule has 122 valence electrons. The predicted octanol–water partition coefficient (Wildman–Crippen LogP) is 5.14. The van der Waals surface area contributed by atoms with E-state index in [-0.39, 0.29) is 12.3 Å². The van der Waals surface area contributed by atoms with Crippen molar-refractivity contribution in [3.63, 3.8) is 0 Å². The quantitative estimate of drug-likeness (QED) is 0.761. The first kappa shape index (κ1) is 17.6. The molecule has 1 amide bonds. The highest BCUT2D eigenvalue weighted by atomic mass is 79.9. The van der Waals surface area contributed by atoms with Gasteiger partial charge in [0.15, 0.2) is 6.61 Å². The maximum atomic E-state index is 12.6. The van der Waals surface area contributed by atoms with Crippen LogP contribution in [0.25, 0.3) is 0 Å². The number of anilines is 1. The van der Waals surface area contributed by atoms with Gasteiger partial charge in [-0.25, -0.2) is 0 Å². The molecule has 0 fully saturated rings. The molecule has 0 bridgehead atoms. The van der Waals surface area contributed by atoms with Gasteiger partial charge in [0, 0.05) is 10.7 Å². The van der Waals surface area contributed by atoms with Crippen molar-refractivity contribution in [1.29, 1.82) is 0 Å². The lowest BCUT2D eigenvalue weighted by Gasteiger charge is -2.11. The SMILES string of the molecule is O=C(COc1ccc(Cl)cc1Br)Nc1cccc(C(F)(F)F)c1. The molecule has 23 heavy (non-hydrogen) atoms. The predicted molar refractivity (Wildman–Crippen MR) is 84.7 cm³/mol. The van der Waals surface area contributed by atoms with Gasteiger partial charge in [-0.05, 0) is 52.3 Å². The maximum Gasteiger partial charge on any atom is 0.416 e. The Morgan fingerprint density at radius 3 is 2.61 bits per heavy atom. The average molecular weight is 409 g/mol. The Labute approximate surface area is 143 Å². The summed E-state index contributed by atoms with van der Waals surface area (Å²) in [6.07, 6.45) is -4.47. The number of rotatable bonds is 4. The van der Waals surface area contributed by atoms with Gasteiger partial charge >= 0.3 is 6.18 Å². The van der Waals surface area contributed by atoms with Gasteiger partial charge in [0.1, 0.15) is 5.75 Å². The van der Waals surface area contributed by atoms with Crippen molar-refractivity contribution in [2.75, 3.05) is 11.9 Å². The number of carbonyl (C=O) groups is 1. The lowest BCUT2D eigenvalue weighted by atomic mass is 10.2. The molecular weight excluding hydrogens is 399 g/mol. The molecule has 8 heteroatoms. The van der Waals surface area contributed by atoms with Gasteiger partial charge in [-0.2, -0.15) is 13.2 Å². The summed E-state index contributed by atoms with van der Waals surface area (Å²) in [5.41, 5.74) is -0.791. The second kappa shape index (κ2) is 7.23. The van der Waals surface area contributed by atoms with E-state index in [1.165, 1.54) is 12.1 Å². The minimum absolute atomic E-state index is 0.0450. The van der Waals surface area contributed by atoms with E-state index in [2.05, 4.69) is 21.2 Å². The van der Waals surface area contributed by atoms with E-state index in [1.807, 2.05) is 0 Å². The zero-order valence-electron chi connectivity index (χ0n) is 11.5. The number of amides is 1. The van der Waals surface area contributed by atoms with Crippen molar-refractivity contribution >= 4 is 39.1 Å². The first-order chi connectivity index (χ1) is 10.8. The Kier molecular flexibility index (Phi) is 5.54. The number of halogens is 5. The van der Waals surface area contributed by atoms with Crippen LogP contribution in [0.5, 0.6) is 5.75 Å². The van der Waals surface area contributed by atoms with Crippen molar-refractivity contribution in [2.24, 2.45) is 0 Å². The largest absolute Gasteiger partial charge is 0.483 e. The van der Waals surface area contributed by atoms with Gasteiger partial charge in [-0.1, -0.05) is 17.7 Å². The van der Waals surface area contributed by atoms with Crippen molar-refractivity contribution < 1.29 is 22.7 Å². The van der Waals surface area contributed by atoms with E-state index in [4.69, 9.17) is 16.3 Å². The van der Waals surface area contributed by atoms with Gasteiger partial charge in [0.2, 0.25) is 0 Å². The lowest BCUT2D eigenvalue weighted by Crippen LogP contribution is -2.20. The Morgan fingerprint density at radius 1 is 1.22 bits per heavy atom. The Balaban J connectivity index is 1.97. The molecule has 0 spiro atoms. The number of hydrogen-bond acceptors (Lipinski definition) is 2. The highest BCUT2D eigenvalue weighted by molar-refractivity contribution is 9.10. The molecule has 2 rings (SSSR count). The van der Waals surface area contributed by atoms with Crippen LogP contribution in [-0.4, -0.2) is 12.5 Å². The topological polar surface area (TPSA) is 38.3 Å². The summed E-state index contributed by atoms with van der Waals surface area (Å²) in [5.74, 6) is -0.181. The molecule has 2 aromatic carbocycles. The molecule has 0 atom stereocenters. The van der Waals surface area contributed by atoms with Gasteiger partial charge in [0.25, 0.3) is 5.91 Å². The van der Waals surface area contributed by atoms with Gasteiger partial charge in [-0.3, -0.25) is 4.79 Å². The lowest BCUT2D eigenvalue weighted by molar-refractivity contribution is -0.137. The Bertz CT molecular complexity index is 722.